The summed E-state index contributed by atoms with van der Waals surface area (Å²) in [6, 6.07) is 8.25. The van der Waals surface area contributed by atoms with Gasteiger partial charge in [0, 0.05) is 24.8 Å². The van der Waals surface area contributed by atoms with Crippen LogP contribution in [0.15, 0.2) is 24.3 Å². The molecule has 0 spiro atoms. The van der Waals surface area contributed by atoms with E-state index in [1.54, 1.807) is 4.90 Å². The van der Waals surface area contributed by atoms with Crippen molar-refractivity contribution < 1.29 is 9.53 Å². The Kier molecular flexibility index (Phi) is 5.59. The highest BCUT2D eigenvalue weighted by molar-refractivity contribution is 5.89. The molecule has 1 aromatic carbocycles. The topological polar surface area (TPSA) is 53.6 Å². The van der Waals surface area contributed by atoms with Crippen LogP contribution in [0.2, 0.25) is 0 Å². The summed E-state index contributed by atoms with van der Waals surface area (Å²) < 4.78 is 5.44. The Morgan fingerprint density at radius 1 is 1.43 bits per heavy atom. The van der Waals surface area contributed by atoms with Gasteiger partial charge in [-0.2, -0.15) is 0 Å². The normalized spacial score (nSPS) is 20.1. The summed E-state index contributed by atoms with van der Waals surface area (Å²) in [5.41, 5.74) is 2.04. The molecule has 2 amide bonds. The van der Waals surface area contributed by atoms with Gasteiger partial charge in [0.2, 0.25) is 0 Å². The van der Waals surface area contributed by atoms with E-state index in [9.17, 15) is 4.79 Å². The second-order valence-electron chi connectivity index (χ2n) is 5.46. The predicted molar refractivity (Wildman–Crippen MR) is 84.5 cm³/mol. The van der Waals surface area contributed by atoms with Crippen LogP contribution in [0.1, 0.15) is 32.4 Å². The number of morpholine rings is 1. The lowest BCUT2D eigenvalue weighted by Gasteiger charge is -2.31. The zero-order valence-corrected chi connectivity index (χ0v) is 13.1. The van der Waals surface area contributed by atoms with Gasteiger partial charge in [-0.05, 0) is 38.1 Å². The van der Waals surface area contributed by atoms with Crippen LogP contribution in [0.4, 0.5) is 10.5 Å². The number of rotatable bonds is 4. The van der Waals surface area contributed by atoms with Crippen molar-refractivity contribution in [2.24, 2.45) is 0 Å². The van der Waals surface area contributed by atoms with Crippen LogP contribution in [0.25, 0.3) is 0 Å². The number of hydrogen-bond donors (Lipinski definition) is 2. The van der Waals surface area contributed by atoms with E-state index in [0.29, 0.717) is 25.7 Å². The molecule has 0 saturated carbocycles. The SMILES string of the molecule is CCNC(C)c1ccc(NC(=O)N2CCOC(C)C2)cc1. The average Bonchev–Trinajstić information content (AvgIpc) is 2.48. The highest BCUT2D eigenvalue weighted by atomic mass is 16.5. The van der Waals surface area contributed by atoms with Crippen molar-refractivity contribution in [1.82, 2.24) is 10.2 Å². The summed E-state index contributed by atoms with van der Waals surface area (Å²) in [5.74, 6) is 0. The molecule has 1 aromatic rings. The average molecular weight is 291 g/mol. The van der Waals surface area contributed by atoms with Gasteiger partial charge in [-0.25, -0.2) is 4.79 Å². The van der Waals surface area contributed by atoms with E-state index in [1.807, 2.05) is 31.2 Å². The van der Waals surface area contributed by atoms with Gasteiger partial charge in [-0.1, -0.05) is 19.1 Å². The van der Waals surface area contributed by atoms with Crippen molar-refractivity contribution in [3.05, 3.63) is 29.8 Å². The summed E-state index contributed by atoms with van der Waals surface area (Å²) in [6.45, 7) is 9.03. The quantitative estimate of drug-likeness (QED) is 0.896. The third kappa shape index (κ3) is 4.44. The lowest BCUT2D eigenvalue weighted by atomic mass is 10.1. The molecule has 0 bridgehead atoms. The fourth-order valence-electron chi connectivity index (χ4n) is 2.48. The Morgan fingerprint density at radius 3 is 2.76 bits per heavy atom. The Morgan fingerprint density at radius 2 is 2.14 bits per heavy atom. The summed E-state index contributed by atoms with van der Waals surface area (Å²) in [5, 5.41) is 6.31. The molecule has 5 nitrogen and oxygen atoms in total. The summed E-state index contributed by atoms with van der Waals surface area (Å²) >= 11 is 0. The zero-order valence-electron chi connectivity index (χ0n) is 13.1. The van der Waals surface area contributed by atoms with E-state index in [4.69, 9.17) is 4.74 Å². The number of ether oxygens (including phenoxy) is 1. The van der Waals surface area contributed by atoms with Crippen LogP contribution >= 0.6 is 0 Å². The summed E-state index contributed by atoms with van der Waals surface area (Å²) in [4.78, 5) is 14.0. The van der Waals surface area contributed by atoms with Crippen LogP contribution in [-0.4, -0.2) is 43.3 Å². The molecule has 21 heavy (non-hydrogen) atoms. The first kappa shape index (κ1) is 15.8. The van der Waals surface area contributed by atoms with Gasteiger partial charge in [0.15, 0.2) is 0 Å². The van der Waals surface area contributed by atoms with Gasteiger partial charge >= 0.3 is 6.03 Å². The van der Waals surface area contributed by atoms with E-state index in [1.165, 1.54) is 5.56 Å². The third-order valence-electron chi connectivity index (χ3n) is 3.70. The van der Waals surface area contributed by atoms with E-state index < -0.39 is 0 Å². The second kappa shape index (κ2) is 7.43. The van der Waals surface area contributed by atoms with Crippen molar-refractivity contribution in [2.45, 2.75) is 32.9 Å². The minimum atomic E-state index is -0.0577. The van der Waals surface area contributed by atoms with Crippen LogP contribution in [0.5, 0.6) is 0 Å². The molecule has 5 heteroatoms. The maximum Gasteiger partial charge on any atom is 0.322 e. The van der Waals surface area contributed by atoms with Crippen LogP contribution in [-0.2, 0) is 4.74 Å². The van der Waals surface area contributed by atoms with Gasteiger partial charge in [-0.15, -0.1) is 0 Å². The Hall–Kier alpha value is -1.59. The number of urea groups is 1. The number of anilines is 1. The highest BCUT2D eigenvalue weighted by Gasteiger charge is 2.21. The predicted octanol–water partition coefficient (Wildman–Crippen LogP) is 2.61. The van der Waals surface area contributed by atoms with E-state index in [0.717, 1.165) is 12.2 Å². The lowest BCUT2D eigenvalue weighted by molar-refractivity contribution is -0.00138. The van der Waals surface area contributed by atoms with Crippen molar-refractivity contribution in [3.63, 3.8) is 0 Å². The Bertz CT molecular complexity index is 461. The molecule has 0 aromatic heterocycles. The maximum absolute atomic E-state index is 12.2. The molecule has 116 valence electrons. The van der Waals surface area contributed by atoms with Crippen LogP contribution in [0.3, 0.4) is 0 Å². The molecule has 2 rings (SSSR count). The molecule has 0 radical (unpaired) electrons. The smallest absolute Gasteiger partial charge is 0.322 e. The number of carbonyl (C=O) groups excluding carboxylic acids is 1. The molecule has 1 heterocycles. The zero-order chi connectivity index (χ0) is 15.2. The fourth-order valence-corrected chi connectivity index (χ4v) is 2.48. The molecular weight excluding hydrogens is 266 g/mol. The minimum Gasteiger partial charge on any atom is -0.375 e. The fraction of sp³-hybridized carbons (Fsp3) is 0.562. The lowest BCUT2D eigenvalue weighted by Crippen LogP contribution is -2.46. The Labute approximate surface area is 126 Å². The van der Waals surface area contributed by atoms with Crippen molar-refractivity contribution in [2.75, 3.05) is 31.6 Å². The first-order valence-corrected chi connectivity index (χ1v) is 7.61. The largest absolute Gasteiger partial charge is 0.375 e. The highest BCUT2D eigenvalue weighted by Crippen LogP contribution is 2.16. The number of carbonyl (C=O) groups is 1. The number of nitrogens with one attached hydrogen (secondary N) is 2. The Balaban J connectivity index is 1.92. The molecule has 1 aliphatic heterocycles. The van der Waals surface area contributed by atoms with Crippen LogP contribution < -0.4 is 10.6 Å². The van der Waals surface area contributed by atoms with Crippen molar-refractivity contribution in [1.29, 1.82) is 0 Å². The molecule has 1 saturated heterocycles. The standard InChI is InChI=1S/C16H25N3O2/c1-4-17-13(3)14-5-7-15(8-6-14)18-16(20)19-9-10-21-12(2)11-19/h5-8,12-13,17H,4,9-11H2,1-3H3,(H,18,20). The van der Waals surface area contributed by atoms with Crippen LogP contribution in [0, 0.1) is 0 Å². The molecule has 2 unspecified atom stereocenters. The maximum atomic E-state index is 12.2. The number of amides is 2. The van der Waals surface area contributed by atoms with Gasteiger partial charge < -0.3 is 20.3 Å². The second-order valence-corrected chi connectivity index (χ2v) is 5.46. The first-order chi connectivity index (χ1) is 10.1. The molecule has 2 N–H and O–H groups in total. The van der Waals surface area contributed by atoms with Gasteiger partial charge in [-0.3, -0.25) is 0 Å². The van der Waals surface area contributed by atoms with Crippen molar-refractivity contribution in [3.8, 4) is 0 Å². The van der Waals surface area contributed by atoms with Crippen molar-refractivity contribution >= 4 is 11.7 Å². The van der Waals surface area contributed by atoms with Gasteiger partial charge in [0.25, 0.3) is 0 Å². The van der Waals surface area contributed by atoms with Gasteiger partial charge in [0.05, 0.1) is 12.7 Å². The third-order valence-corrected chi connectivity index (χ3v) is 3.70. The molecule has 0 aliphatic carbocycles. The molecule has 1 fully saturated rings. The molecular formula is C16H25N3O2. The number of hydrogen-bond acceptors (Lipinski definition) is 3. The summed E-state index contributed by atoms with van der Waals surface area (Å²) in [6.07, 6.45) is 0.104. The van der Waals surface area contributed by atoms with E-state index in [-0.39, 0.29) is 12.1 Å². The molecule has 1 aliphatic rings. The number of benzene rings is 1. The minimum absolute atomic E-state index is 0.0577. The van der Waals surface area contributed by atoms with Gasteiger partial charge in [0.1, 0.15) is 0 Å². The van der Waals surface area contributed by atoms with E-state index in [2.05, 4.69) is 24.5 Å². The van der Waals surface area contributed by atoms with E-state index >= 15 is 0 Å². The number of nitrogens with zero attached hydrogens (tertiary/aromatic N) is 1. The molecule has 2 atom stereocenters. The monoisotopic (exact) mass is 291 g/mol. The summed E-state index contributed by atoms with van der Waals surface area (Å²) in [7, 11) is 0. The first-order valence-electron chi connectivity index (χ1n) is 7.61.